The van der Waals surface area contributed by atoms with Crippen LogP contribution in [0.2, 0.25) is 4.34 Å². The lowest BCUT2D eigenvalue weighted by molar-refractivity contribution is 0.813. The zero-order valence-corrected chi connectivity index (χ0v) is 10.3. The van der Waals surface area contributed by atoms with Crippen LogP contribution in [0.25, 0.3) is 15.7 Å². The molecule has 6 heteroatoms. The summed E-state index contributed by atoms with van der Waals surface area (Å²) in [6.07, 6.45) is 2.29. The van der Waals surface area contributed by atoms with Crippen molar-refractivity contribution >= 4 is 38.7 Å². The number of rotatable bonds is 1. The molecule has 86 valence electrons. The van der Waals surface area contributed by atoms with Crippen LogP contribution in [0.4, 0.5) is 0 Å². The van der Waals surface area contributed by atoms with Crippen LogP contribution in [0.1, 0.15) is 24.6 Å². The number of H-pyrrole nitrogens is 1. The van der Waals surface area contributed by atoms with Crippen molar-refractivity contribution in [3.05, 3.63) is 32.6 Å². The Bertz CT molecular complexity index is 796. The molecule has 1 N–H and O–H groups in total. The van der Waals surface area contributed by atoms with E-state index >= 15 is 0 Å². The maximum Gasteiger partial charge on any atom is 0.288 e. The summed E-state index contributed by atoms with van der Waals surface area (Å²) in [5.74, 6) is 1.43. The molecule has 0 unspecified atom stereocenters. The quantitative estimate of drug-likeness (QED) is 0.736. The van der Waals surface area contributed by atoms with Gasteiger partial charge in [-0.2, -0.15) is 5.10 Å². The minimum absolute atomic E-state index is 0.145. The molecular formula is C11H8ClN3OS. The molecule has 17 heavy (non-hydrogen) atoms. The van der Waals surface area contributed by atoms with E-state index in [-0.39, 0.29) is 5.56 Å². The topological polar surface area (TPSA) is 50.2 Å². The van der Waals surface area contributed by atoms with E-state index in [1.165, 1.54) is 11.3 Å². The molecule has 1 saturated carbocycles. The Morgan fingerprint density at radius 3 is 3.06 bits per heavy atom. The first-order valence-corrected chi connectivity index (χ1v) is 6.62. The first-order chi connectivity index (χ1) is 8.24. The van der Waals surface area contributed by atoms with E-state index in [9.17, 15) is 4.79 Å². The number of fused-ring (bicyclic) bond motifs is 3. The summed E-state index contributed by atoms with van der Waals surface area (Å²) in [6, 6.07) is 3.77. The zero-order chi connectivity index (χ0) is 11.6. The number of halogens is 1. The SMILES string of the molecule is O=c1[nH]nc(C2CC2)n2c1cc1cc(Cl)sc12. The van der Waals surface area contributed by atoms with E-state index < -0.39 is 0 Å². The Hall–Kier alpha value is -1.33. The molecular weight excluding hydrogens is 258 g/mol. The standard InChI is InChI=1S/C11H8ClN3OS/c12-8-4-6-3-7-10(16)14-13-9(5-1-2-5)15(7)11(6)17-8/h3-5H,1-2H2,(H,14,16). The van der Waals surface area contributed by atoms with Crippen molar-refractivity contribution in [2.24, 2.45) is 0 Å². The van der Waals surface area contributed by atoms with Crippen LogP contribution < -0.4 is 5.56 Å². The fourth-order valence-corrected chi connectivity index (χ4v) is 3.42. The molecule has 0 spiro atoms. The van der Waals surface area contributed by atoms with Crippen LogP contribution in [-0.4, -0.2) is 14.6 Å². The van der Waals surface area contributed by atoms with Gasteiger partial charge in [-0.3, -0.25) is 9.20 Å². The summed E-state index contributed by atoms with van der Waals surface area (Å²) in [6.45, 7) is 0. The van der Waals surface area contributed by atoms with Crippen molar-refractivity contribution in [2.75, 3.05) is 0 Å². The van der Waals surface area contributed by atoms with Crippen molar-refractivity contribution in [3.63, 3.8) is 0 Å². The molecule has 0 bridgehead atoms. The number of aromatic amines is 1. The number of thiophene rings is 1. The van der Waals surface area contributed by atoms with Gasteiger partial charge in [-0.15, -0.1) is 11.3 Å². The van der Waals surface area contributed by atoms with Crippen molar-refractivity contribution in [1.29, 1.82) is 0 Å². The van der Waals surface area contributed by atoms with Gasteiger partial charge in [0.1, 0.15) is 16.2 Å². The fraction of sp³-hybridized carbons (Fsp3) is 0.273. The number of nitrogens with one attached hydrogen (secondary N) is 1. The van der Waals surface area contributed by atoms with Crippen LogP contribution in [0.3, 0.4) is 0 Å². The van der Waals surface area contributed by atoms with Gasteiger partial charge in [0.15, 0.2) is 0 Å². The predicted octanol–water partition coefficient (Wildman–Crippen LogP) is 2.77. The lowest BCUT2D eigenvalue weighted by Gasteiger charge is -2.02. The first-order valence-electron chi connectivity index (χ1n) is 5.43. The summed E-state index contributed by atoms with van der Waals surface area (Å²) in [5.41, 5.74) is 0.522. The van der Waals surface area contributed by atoms with Gasteiger partial charge >= 0.3 is 0 Å². The van der Waals surface area contributed by atoms with E-state index in [4.69, 9.17) is 11.6 Å². The van der Waals surface area contributed by atoms with E-state index in [2.05, 4.69) is 10.2 Å². The molecule has 3 heterocycles. The molecule has 1 aliphatic carbocycles. The third-order valence-corrected chi connectivity index (χ3v) is 4.39. The van der Waals surface area contributed by atoms with Gasteiger partial charge in [0.25, 0.3) is 5.56 Å². The molecule has 4 rings (SSSR count). The molecule has 0 saturated heterocycles. The monoisotopic (exact) mass is 265 g/mol. The Morgan fingerprint density at radius 1 is 1.47 bits per heavy atom. The van der Waals surface area contributed by atoms with Gasteiger partial charge in [0.2, 0.25) is 0 Å². The van der Waals surface area contributed by atoms with Crippen LogP contribution in [0, 0.1) is 0 Å². The second-order valence-corrected chi connectivity index (χ2v) is 6.02. The molecule has 0 aromatic carbocycles. The summed E-state index contributed by atoms with van der Waals surface area (Å²) in [4.78, 5) is 12.8. The Balaban J connectivity index is 2.24. The lowest BCUT2D eigenvalue weighted by Crippen LogP contribution is -2.14. The second-order valence-electron chi connectivity index (χ2n) is 4.36. The molecule has 0 amide bonds. The Labute approximate surface area is 105 Å². The summed E-state index contributed by atoms with van der Waals surface area (Å²) in [5, 5.41) is 7.78. The first kappa shape index (κ1) is 9.67. The van der Waals surface area contributed by atoms with Gasteiger partial charge < -0.3 is 0 Å². The lowest BCUT2D eigenvalue weighted by atomic mass is 10.4. The highest BCUT2D eigenvalue weighted by atomic mass is 35.5. The largest absolute Gasteiger partial charge is 0.288 e. The minimum atomic E-state index is -0.145. The zero-order valence-electron chi connectivity index (χ0n) is 8.74. The van der Waals surface area contributed by atoms with E-state index in [1.54, 1.807) is 0 Å². The van der Waals surface area contributed by atoms with Crippen LogP contribution in [0.15, 0.2) is 16.9 Å². The smallest absolute Gasteiger partial charge is 0.282 e. The van der Waals surface area contributed by atoms with Crippen molar-refractivity contribution in [1.82, 2.24) is 14.6 Å². The van der Waals surface area contributed by atoms with Crippen molar-refractivity contribution < 1.29 is 0 Å². The summed E-state index contributed by atoms with van der Waals surface area (Å²) in [7, 11) is 0. The molecule has 3 aromatic heterocycles. The number of hydrogen-bond donors (Lipinski definition) is 1. The van der Waals surface area contributed by atoms with Crippen molar-refractivity contribution in [2.45, 2.75) is 18.8 Å². The van der Waals surface area contributed by atoms with E-state index in [1.807, 2.05) is 16.5 Å². The van der Waals surface area contributed by atoms with Crippen LogP contribution in [0.5, 0.6) is 0 Å². The fourth-order valence-electron chi connectivity index (χ4n) is 2.19. The second kappa shape index (κ2) is 3.11. The van der Waals surface area contributed by atoms with Gasteiger partial charge in [0, 0.05) is 11.3 Å². The van der Waals surface area contributed by atoms with Crippen LogP contribution in [-0.2, 0) is 0 Å². The summed E-state index contributed by atoms with van der Waals surface area (Å²) < 4.78 is 2.70. The highest BCUT2D eigenvalue weighted by molar-refractivity contribution is 7.22. The normalized spacial score (nSPS) is 16.1. The molecule has 0 atom stereocenters. The average Bonchev–Trinajstić information content (AvgIpc) is 2.98. The Morgan fingerprint density at radius 2 is 2.29 bits per heavy atom. The van der Waals surface area contributed by atoms with Gasteiger partial charge in [-0.05, 0) is 25.0 Å². The predicted molar refractivity (Wildman–Crippen MR) is 68.2 cm³/mol. The number of aromatic nitrogens is 3. The highest BCUT2D eigenvalue weighted by Gasteiger charge is 2.29. The van der Waals surface area contributed by atoms with Crippen LogP contribution >= 0.6 is 22.9 Å². The van der Waals surface area contributed by atoms with Crippen molar-refractivity contribution in [3.8, 4) is 0 Å². The third kappa shape index (κ3) is 1.29. The maximum absolute atomic E-state index is 11.8. The molecule has 1 aliphatic rings. The molecule has 0 radical (unpaired) electrons. The summed E-state index contributed by atoms with van der Waals surface area (Å²) >= 11 is 7.50. The van der Waals surface area contributed by atoms with Gasteiger partial charge in [-0.1, -0.05) is 11.6 Å². The average molecular weight is 266 g/mol. The number of hydrogen-bond acceptors (Lipinski definition) is 3. The maximum atomic E-state index is 11.8. The highest BCUT2D eigenvalue weighted by Crippen LogP contribution is 2.41. The molecule has 0 aliphatic heterocycles. The minimum Gasteiger partial charge on any atom is -0.282 e. The third-order valence-electron chi connectivity index (χ3n) is 3.12. The van der Waals surface area contributed by atoms with E-state index in [0.717, 1.165) is 33.2 Å². The molecule has 3 aromatic rings. The van der Waals surface area contributed by atoms with E-state index in [0.29, 0.717) is 11.4 Å². The Kier molecular flexibility index (Phi) is 1.77. The number of nitrogens with zero attached hydrogens (tertiary/aromatic N) is 2. The molecule has 4 nitrogen and oxygen atoms in total. The van der Waals surface area contributed by atoms with Gasteiger partial charge in [0.05, 0.1) is 4.34 Å². The molecule has 1 fully saturated rings. The van der Waals surface area contributed by atoms with Gasteiger partial charge in [-0.25, -0.2) is 5.10 Å².